The molecule has 0 aliphatic rings. The maximum Gasteiger partial charge on any atom is -0.00225 e. The Morgan fingerprint density at radius 2 is 1.25 bits per heavy atom. The Hall–Kier alpha value is -4.16. The topological polar surface area (TPSA) is 0 Å². The highest BCUT2D eigenvalue weighted by molar-refractivity contribution is 6.15. The van der Waals surface area contributed by atoms with Crippen molar-refractivity contribution in [2.45, 2.75) is 27.2 Å². The van der Waals surface area contributed by atoms with Crippen molar-refractivity contribution in [2.75, 3.05) is 0 Å². The molecule has 0 atom stereocenters. The molecular formula is C36H30. The molecule has 174 valence electrons. The van der Waals surface area contributed by atoms with E-state index in [-0.39, 0.29) is 0 Å². The molecule has 0 amide bonds. The van der Waals surface area contributed by atoms with E-state index in [1.54, 1.807) is 0 Å². The smallest absolute Gasteiger partial charge is 0.00225 e. The lowest BCUT2D eigenvalue weighted by molar-refractivity contribution is 1.17. The normalized spacial score (nSPS) is 11.8. The van der Waals surface area contributed by atoms with Crippen LogP contribution in [-0.2, 0) is 6.42 Å². The van der Waals surface area contributed by atoms with Gasteiger partial charge in [-0.1, -0.05) is 115 Å². The summed E-state index contributed by atoms with van der Waals surface area (Å²) in [6, 6.07) is 37.8. The Bertz CT molecular complexity index is 1770. The fourth-order valence-electron chi connectivity index (χ4n) is 5.82. The maximum atomic E-state index is 2.42. The van der Waals surface area contributed by atoms with Gasteiger partial charge < -0.3 is 0 Å². The van der Waals surface area contributed by atoms with E-state index in [2.05, 4.69) is 136 Å². The summed E-state index contributed by atoms with van der Waals surface area (Å²) in [6.07, 6.45) is 5.32. The standard InChI is InChI=1S/C36H30/c1-4-12-30-24(2)29(23-28-15-8-9-16-31(28)30)21-26-19-20-33-32-17-10-11-18-34(32)36(25(3)35(33)22-26)27-13-6-5-7-14-27/h4-20,22-23H,21H2,1-3H3. The Morgan fingerprint density at radius 1 is 0.583 bits per heavy atom. The number of hydrogen-bond donors (Lipinski definition) is 0. The van der Waals surface area contributed by atoms with Gasteiger partial charge in [-0.2, -0.15) is 0 Å². The maximum absolute atomic E-state index is 2.42. The number of fused-ring (bicyclic) bond motifs is 4. The molecule has 0 aromatic heterocycles. The molecular weight excluding hydrogens is 432 g/mol. The predicted octanol–water partition coefficient (Wildman–Crippen LogP) is 10.1. The zero-order valence-electron chi connectivity index (χ0n) is 21.2. The summed E-state index contributed by atoms with van der Waals surface area (Å²) in [4.78, 5) is 0. The minimum Gasteiger partial charge on any atom is -0.0870 e. The van der Waals surface area contributed by atoms with Crippen molar-refractivity contribution in [3.63, 3.8) is 0 Å². The van der Waals surface area contributed by atoms with Gasteiger partial charge in [0.25, 0.3) is 0 Å². The molecule has 0 unspecified atom stereocenters. The van der Waals surface area contributed by atoms with Crippen LogP contribution in [0.25, 0.3) is 49.5 Å². The van der Waals surface area contributed by atoms with Crippen molar-refractivity contribution in [3.8, 4) is 11.1 Å². The number of allylic oxidation sites excluding steroid dienone is 1. The number of aryl methyl sites for hydroxylation is 1. The van der Waals surface area contributed by atoms with Crippen LogP contribution in [0, 0.1) is 13.8 Å². The van der Waals surface area contributed by atoms with E-state index in [0.717, 1.165) is 6.42 Å². The monoisotopic (exact) mass is 462 g/mol. The largest absolute Gasteiger partial charge is 0.0870 e. The third-order valence-electron chi connectivity index (χ3n) is 7.61. The molecule has 6 rings (SSSR count). The van der Waals surface area contributed by atoms with E-state index >= 15 is 0 Å². The molecule has 0 saturated carbocycles. The lowest BCUT2D eigenvalue weighted by Gasteiger charge is -2.17. The van der Waals surface area contributed by atoms with Crippen LogP contribution in [-0.4, -0.2) is 0 Å². The highest BCUT2D eigenvalue weighted by Gasteiger charge is 2.14. The van der Waals surface area contributed by atoms with Gasteiger partial charge in [0.15, 0.2) is 0 Å². The van der Waals surface area contributed by atoms with Gasteiger partial charge in [0.2, 0.25) is 0 Å². The minimum absolute atomic E-state index is 0.921. The van der Waals surface area contributed by atoms with E-state index in [9.17, 15) is 0 Å². The summed E-state index contributed by atoms with van der Waals surface area (Å²) in [6.45, 7) is 6.65. The predicted molar refractivity (Wildman–Crippen MR) is 158 cm³/mol. The zero-order valence-corrected chi connectivity index (χ0v) is 21.2. The van der Waals surface area contributed by atoms with Gasteiger partial charge in [0, 0.05) is 0 Å². The summed E-state index contributed by atoms with van der Waals surface area (Å²) < 4.78 is 0. The number of rotatable bonds is 4. The van der Waals surface area contributed by atoms with Gasteiger partial charge in [0.05, 0.1) is 0 Å². The second-order valence-electron chi connectivity index (χ2n) is 9.76. The van der Waals surface area contributed by atoms with Crippen LogP contribution in [0.15, 0.2) is 109 Å². The molecule has 0 fully saturated rings. The van der Waals surface area contributed by atoms with E-state index < -0.39 is 0 Å². The third-order valence-corrected chi connectivity index (χ3v) is 7.61. The molecule has 0 bridgehead atoms. The summed E-state index contributed by atoms with van der Waals surface area (Å²) in [5.74, 6) is 0. The third kappa shape index (κ3) is 3.71. The molecule has 0 saturated heterocycles. The molecule has 6 aromatic carbocycles. The molecule has 0 aliphatic carbocycles. The van der Waals surface area contributed by atoms with Crippen molar-refractivity contribution >= 4 is 38.4 Å². The second kappa shape index (κ2) is 9.13. The molecule has 0 heterocycles. The number of hydrogen-bond acceptors (Lipinski definition) is 0. The van der Waals surface area contributed by atoms with E-state index in [0.29, 0.717) is 0 Å². The van der Waals surface area contributed by atoms with Crippen molar-refractivity contribution < 1.29 is 0 Å². The fraction of sp³-hybridized carbons (Fsp3) is 0.111. The second-order valence-corrected chi connectivity index (χ2v) is 9.76. The summed E-state index contributed by atoms with van der Waals surface area (Å²) in [5.41, 5.74) is 9.41. The van der Waals surface area contributed by atoms with Gasteiger partial charge in [-0.15, -0.1) is 0 Å². The average molecular weight is 463 g/mol. The van der Waals surface area contributed by atoms with Crippen LogP contribution in [0.1, 0.15) is 34.7 Å². The minimum atomic E-state index is 0.921. The van der Waals surface area contributed by atoms with Gasteiger partial charge in [-0.25, -0.2) is 0 Å². The Labute approximate surface area is 213 Å². The summed E-state index contributed by atoms with van der Waals surface area (Å²) >= 11 is 0. The van der Waals surface area contributed by atoms with Crippen molar-refractivity contribution in [1.29, 1.82) is 0 Å². The van der Waals surface area contributed by atoms with E-state index in [1.165, 1.54) is 71.3 Å². The lowest BCUT2D eigenvalue weighted by atomic mass is 9.87. The molecule has 0 nitrogen and oxygen atoms in total. The van der Waals surface area contributed by atoms with E-state index in [4.69, 9.17) is 0 Å². The highest BCUT2D eigenvalue weighted by Crippen LogP contribution is 2.39. The Balaban J connectivity index is 1.55. The highest BCUT2D eigenvalue weighted by atomic mass is 14.2. The van der Waals surface area contributed by atoms with Gasteiger partial charge in [-0.3, -0.25) is 0 Å². The molecule has 36 heavy (non-hydrogen) atoms. The first kappa shape index (κ1) is 22.3. The SMILES string of the molecule is CC=Cc1c(C)c(Cc2ccc3c(c2)c(C)c(-c2ccccc2)c2ccccc23)cc2ccccc12. The molecule has 0 heteroatoms. The summed E-state index contributed by atoms with van der Waals surface area (Å²) in [5, 5.41) is 7.95. The van der Waals surface area contributed by atoms with Crippen molar-refractivity contribution in [3.05, 3.63) is 137 Å². The molecule has 0 aliphatic heterocycles. The lowest BCUT2D eigenvalue weighted by Crippen LogP contribution is -1.97. The van der Waals surface area contributed by atoms with E-state index in [1.807, 2.05) is 0 Å². The number of benzene rings is 6. The molecule has 0 N–H and O–H groups in total. The van der Waals surface area contributed by atoms with Crippen LogP contribution >= 0.6 is 0 Å². The first-order valence-corrected chi connectivity index (χ1v) is 12.8. The van der Waals surface area contributed by atoms with Gasteiger partial charge in [0.1, 0.15) is 0 Å². The van der Waals surface area contributed by atoms with Crippen LogP contribution in [0.5, 0.6) is 0 Å². The average Bonchev–Trinajstić information content (AvgIpc) is 2.92. The van der Waals surface area contributed by atoms with Crippen LogP contribution in [0.4, 0.5) is 0 Å². The van der Waals surface area contributed by atoms with Crippen LogP contribution in [0.2, 0.25) is 0 Å². The Morgan fingerprint density at radius 3 is 2.03 bits per heavy atom. The fourth-order valence-corrected chi connectivity index (χ4v) is 5.82. The van der Waals surface area contributed by atoms with Crippen molar-refractivity contribution in [2.24, 2.45) is 0 Å². The summed E-state index contributed by atoms with van der Waals surface area (Å²) in [7, 11) is 0. The first-order valence-electron chi connectivity index (χ1n) is 12.8. The van der Waals surface area contributed by atoms with Gasteiger partial charge in [-0.05, 0) is 98.5 Å². The molecule has 0 radical (unpaired) electrons. The Kier molecular flexibility index (Phi) is 5.66. The van der Waals surface area contributed by atoms with Crippen LogP contribution < -0.4 is 0 Å². The molecule has 6 aromatic rings. The molecule has 0 spiro atoms. The first-order chi connectivity index (χ1) is 17.7. The van der Waals surface area contributed by atoms with Crippen LogP contribution in [0.3, 0.4) is 0 Å². The zero-order chi connectivity index (χ0) is 24.6. The quantitative estimate of drug-likeness (QED) is 0.229. The van der Waals surface area contributed by atoms with Crippen molar-refractivity contribution in [1.82, 2.24) is 0 Å². The van der Waals surface area contributed by atoms with Gasteiger partial charge >= 0.3 is 0 Å².